The zero-order valence-corrected chi connectivity index (χ0v) is 13.7. The van der Waals surface area contributed by atoms with Crippen molar-refractivity contribution in [3.05, 3.63) is 30.1 Å². The average Bonchev–Trinajstić information content (AvgIpc) is 2.46. The Kier molecular flexibility index (Phi) is 5.63. The quantitative estimate of drug-likeness (QED) is 0.845. The van der Waals surface area contributed by atoms with Gasteiger partial charge in [0.1, 0.15) is 5.82 Å². The first-order valence-corrected chi connectivity index (χ1v) is 8.21. The number of benzene rings is 1. The minimum Gasteiger partial charge on any atom is -0.374 e. The van der Waals surface area contributed by atoms with Gasteiger partial charge < -0.3 is 10.2 Å². The second-order valence-corrected chi connectivity index (χ2v) is 6.93. The maximum atomic E-state index is 13.4. The van der Waals surface area contributed by atoms with E-state index >= 15 is 0 Å². The number of anilines is 1. The molecule has 0 spiro atoms. The smallest absolute Gasteiger partial charge is 0.125 e. The van der Waals surface area contributed by atoms with E-state index in [9.17, 15) is 4.39 Å². The summed E-state index contributed by atoms with van der Waals surface area (Å²) in [4.78, 5) is 2.22. The van der Waals surface area contributed by atoms with Crippen molar-refractivity contribution in [1.29, 1.82) is 0 Å². The van der Waals surface area contributed by atoms with E-state index in [1.807, 2.05) is 6.07 Å². The highest BCUT2D eigenvalue weighted by atomic mass is 19.1. The van der Waals surface area contributed by atoms with Crippen molar-refractivity contribution in [3.63, 3.8) is 0 Å². The molecule has 2 nitrogen and oxygen atoms in total. The fourth-order valence-electron chi connectivity index (χ4n) is 3.42. The van der Waals surface area contributed by atoms with Crippen LogP contribution in [-0.2, 0) is 0 Å². The molecule has 1 aliphatic carbocycles. The van der Waals surface area contributed by atoms with Crippen LogP contribution in [0.3, 0.4) is 0 Å². The summed E-state index contributed by atoms with van der Waals surface area (Å²) < 4.78 is 13.4. The van der Waals surface area contributed by atoms with Gasteiger partial charge in [-0.15, -0.1) is 0 Å². The standard InChI is InChI=1S/C18H29FN2/c1-15(2)20-13-18(10-5-4-6-11-18)14-21(3)17-9-7-8-16(19)12-17/h7-9,12,15,20H,4-6,10-11,13-14H2,1-3H3. The van der Waals surface area contributed by atoms with E-state index in [0.717, 1.165) is 18.8 Å². The van der Waals surface area contributed by atoms with Gasteiger partial charge in [-0.2, -0.15) is 0 Å². The minimum absolute atomic E-state index is 0.155. The van der Waals surface area contributed by atoms with E-state index in [2.05, 4.69) is 31.1 Å². The normalized spacial score (nSPS) is 18.0. The molecular weight excluding hydrogens is 263 g/mol. The highest BCUT2D eigenvalue weighted by Gasteiger charge is 2.33. The molecule has 1 aromatic rings. The van der Waals surface area contributed by atoms with Crippen LogP contribution in [0.2, 0.25) is 0 Å². The van der Waals surface area contributed by atoms with Crippen molar-refractivity contribution in [3.8, 4) is 0 Å². The van der Waals surface area contributed by atoms with Crippen LogP contribution in [0.15, 0.2) is 24.3 Å². The van der Waals surface area contributed by atoms with Crippen LogP contribution < -0.4 is 10.2 Å². The molecule has 1 fully saturated rings. The lowest BCUT2D eigenvalue weighted by Crippen LogP contribution is -2.46. The summed E-state index contributed by atoms with van der Waals surface area (Å²) in [5, 5.41) is 3.62. The molecule has 0 radical (unpaired) electrons. The maximum absolute atomic E-state index is 13.4. The molecule has 0 aliphatic heterocycles. The van der Waals surface area contributed by atoms with Crippen LogP contribution in [0.25, 0.3) is 0 Å². The molecule has 1 aromatic carbocycles. The zero-order chi connectivity index (χ0) is 15.3. The Morgan fingerprint density at radius 1 is 1.24 bits per heavy atom. The molecule has 118 valence electrons. The lowest BCUT2D eigenvalue weighted by atomic mass is 9.73. The molecule has 21 heavy (non-hydrogen) atoms. The maximum Gasteiger partial charge on any atom is 0.125 e. The summed E-state index contributed by atoms with van der Waals surface area (Å²) in [7, 11) is 2.08. The van der Waals surface area contributed by atoms with Crippen LogP contribution in [0.5, 0.6) is 0 Å². The molecule has 3 heteroatoms. The fraction of sp³-hybridized carbons (Fsp3) is 0.667. The Hall–Kier alpha value is -1.09. The molecule has 1 aliphatic rings. The molecule has 0 unspecified atom stereocenters. The second-order valence-electron chi connectivity index (χ2n) is 6.93. The highest BCUT2D eigenvalue weighted by Crippen LogP contribution is 2.37. The van der Waals surface area contributed by atoms with E-state index in [0.29, 0.717) is 11.5 Å². The first kappa shape index (κ1) is 16.3. The molecule has 1 saturated carbocycles. The number of halogens is 1. The molecule has 0 bridgehead atoms. The molecule has 1 N–H and O–H groups in total. The molecule has 0 heterocycles. The predicted molar refractivity (Wildman–Crippen MR) is 88.3 cm³/mol. The number of hydrogen-bond acceptors (Lipinski definition) is 2. The molecule has 0 atom stereocenters. The van der Waals surface area contributed by atoms with Gasteiger partial charge in [-0.3, -0.25) is 0 Å². The first-order valence-electron chi connectivity index (χ1n) is 8.21. The van der Waals surface area contributed by atoms with Crippen molar-refractivity contribution in [2.75, 3.05) is 25.0 Å². The van der Waals surface area contributed by atoms with Crippen LogP contribution in [-0.4, -0.2) is 26.2 Å². The van der Waals surface area contributed by atoms with Crippen molar-refractivity contribution >= 4 is 5.69 Å². The monoisotopic (exact) mass is 292 g/mol. The topological polar surface area (TPSA) is 15.3 Å². The molecule has 0 saturated heterocycles. The fourth-order valence-corrected chi connectivity index (χ4v) is 3.42. The number of nitrogens with zero attached hydrogens (tertiary/aromatic N) is 1. The third-order valence-corrected chi connectivity index (χ3v) is 4.62. The summed E-state index contributed by atoms with van der Waals surface area (Å²) in [5.74, 6) is -0.155. The molecule has 0 amide bonds. The Balaban J connectivity index is 2.06. The van der Waals surface area contributed by atoms with Crippen LogP contribution in [0.4, 0.5) is 10.1 Å². The largest absolute Gasteiger partial charge is 0.374 e. The van der Waals surface area contributed by atoms with Crippen molar-refractivity contribution in [1.82, 2.24) is 5.32 Å². The number of hydrogen-bond donors (Lipinski definition) is 1. The van der Waals surface area contributed by atoms with Gasteiger partial charge in [0.05, 0.1) is 0 Å². The van der Waals surface area contributed by atoms with Gasteiger partial charge in [0.25, 0.3) is 0 Å². The highest BCUT2D eigenvalue weighted by molar-refractivity contribution is 5.45. The third kappa shape index (κ3) is 4.70. The average molecular weight is 292 g/mol. The van der Waals surface area contributed by atoms with Gasteiger partial charge in [-0.25, -0.2) is 4.39 Å². The van der Waals surface area contributed by atoms with Gasteiger partial charge in [-0.05, 0) is 31.0 Å². The second kappa shape index (κ2) is 7.26. The summed E-state index contributed by atoms with van der Waals surface area (Å²) in [6.45, 7) is 6.46. The van der Waals surface area contributed by atoms with Gasteiger partial charge >= 0.3 is 0 Å². The molecule has 2 rings (SSSR count). The van der Waals surface area contributed by atoms with Gasteiger partial charge in [0.2, 0.25) is 0 Å². The Bertz CT molecular complexity index is 439. The molecule has 0 aromatic heterocycles. The van der Waals surface area contributed by atoms with E-state index in [4.69, 9.17) is 0 Å². The number of nitrogens with one attached hydrogen (secondary N) is 1. The van der Waals surface area contributed by atoms with Gasteiger partial charge in [0, 0.05) is 37.3 Å². The van der Waals surface area contributed by atoms with E-state index in [1.165, 1.54) is 38.2 Å². The lowest BCUT2D eigenvalue weighted by Gasteiger charge is -2.41. The Morgan fingerprint density at radius 3 is 2.57 bits per heavy atom. The first-order chi connectivity index (χ1) is 10.0. The number of rotatable bonds is 6. The minimum atomic E-state index is -0.155. The molecular formula is C18H29FN2. The SMILES string of the molecule is CC(C)NCC1(CN(C)c2cccc(F)c2)CCCCC1. The summed E-state index contributed by atoms with van der Waals surface area (Å²) >= 11 is 0. The Morgan fingerprint density at radius 2 is 1.95 bits per heavy atom. The van der Waals surface area contributed by atoms with Crippen LogP contribution >= 0.6 is 0 Å². The zero-order valence-electron chi connectivity index (χ0n) is 13.7. The summed E-state index contributed by atoms with van der Waals surface area (Å²) in [6, 6.07) is 7.44. The predicted octanol–water partition coefficient (Wildman–Crippen LogP) is 4.21. The van der Waals surface area contributed by atoms with Crippen molar-refractivity contribution in [2.24, 2.45) is 5.41 Å². The lowest BCUT2D eigenvalue weighted by molar-refractivity contribution is 0.185. The van der Waals surface area contributed by atoms with Crippen LogP contribution in [0, 0.1) is 11.2 Å². The van der Waals surface area contributed by atoms with E-state index < -0.39 is 0 Å². The summed E-state index contributed by atoms with van der Waals surface area (Å²) in [6.07, 6.45) is 6.53. The summed E-state index contributed by atoms with van der Waals surface area (Å²) in [5.41, 5.74) is 1.30. The Labute approximate surface area is 128 Å². The van der Waals surface area contributed by atoms with Crippen molar-refractivity contribution in [2.45, 2.75) is 52.0 Å². The van der Waals surface area contributed by atoms with E-state index in [1.54, 1.807) is 12.1 Å². The van der Waals surface area contributed by atoms with Crippen molar-refractivity contribution < 1.29 is 4.39 Å². The van der Waals surface area contributed by atoms with E-state index in [-0.39, 0.29) is 5.82 Å². The third-order valence-electron chi connectivity index (χ3n) is 4.62. The van der Waals surface area contributed by atoms with Gasteiger partial charge in [0.15, 0.2) is 0 Å². The van der Waals surface area contributed by atoms with Gasteiger partial charge in [-0.1, -0.05) is 39.2 Å². The van der Waals surface area contributed by atoms with Crippen LogP contribution in [0.1, 0.15) is 46.0 Å².